The zero-order valence-electron chi connectivity index (χ0n) is 34.4. The highest BCUT2D eigenvalue weighted by atomic mass is 15.1. The lowest BCUT2D eigenvalue weighted by Crippen LogP contribution is -2.10. The molecule has 0 saturated carbocycles. The average molecular weight is 793 g/mol. The number of anilines is 3. The second kappa shape index (κ2) is 16.3. The molecule has 0 spiro atoms. The number of aromatic nitrogens is 1. The van der Waals surface area contributed by atoms with Gasteiger partial charge < -0.3 is 9.47 Å². The van der Waals surface area contributed by atoms with E-state index in [2.05, 4.69) is 258 Å². The minimum atomic E-state index is 0.279. The van der Waals surface area contributed by atoms with Gasteiger partial charge in [0.05, 0.1) is 16.7 Å². The highest BCUT2D eigenvalue weighted by Crippen LogP contribution is 2.41. The average Bonchev–Trinajstić information content (AvgIpc) is 3.69. The Labute approximate surface area is 363 Å². The normalized spacial score (nSPS) is 13.6. The third-order valence-corrected chi connectivity index (χ3v) is 12.4. The molecule has 0 fully saturated rings. The number of benzene rings is 9. The van der Waals surface area contributed by atoms with Gasteiger partial charge >= 0.3 is 0 Å². The van der Waals surface area contributed by atoms with Crippen LogP contribution < -0.4 is 4.90 Å². The van der Waals surface area contributed by atoms with E-state index in [9.17, 15) is 0 Å². The summed E-state index contributed by atoms with van der Waals surface area (Å²) in [6, 6.07) is 83.4. The number of hydrogen-bond acceptors (Lipinski definition) is 1. The topological polar surface area (TPSA) is 8.17 Å². The molecule has 1 aromatic heterocycles. The predicted octanol–water partition coefficient (Wildman–Crippen LogP) is 16.4. The molecule has 0 aliphatic heterocycles. The highest BCUT2D eigenvalue weighted by molar-refractivity contribution is 6.10. The van der Waals surface area contributed by atoms with Crippen molar-refractivity contribution in [3.63, 3.8) is 0 Å². The number of rotatable bonds is 9. The van der Waals surface area contributed by atoms with E-state index < -0.39 is 0 Å². The number of fused-ring (bicyclic) bond motifs is 3. The number of allylic oxidation sites excluding steroid dienone is 4. The van der Waals surface area contributed by atoms with E-state index >= 15 is 0 Å². The van der Waals surface area contributed by atoms with Crippen LogP contribution in [0.3, 0.4) is 0 Å². The summed E-state index contributed by atoms with van der Waals surface area (Å²) in [5.41, 5.74) is 18.0. The third-order valence-electron chi connectivity index (χ3n) is 12.4. The quantitative estimate of drug-likeness (QED) is 0.141. The molecule has 1 heterocycles. The van der Waals surface area contributed by atoms with Gasteiger partial charge in [0.15, 0.2) is 0 Å². The number of hydrogen-bond donors (Lipinski definition) is 0. The molecule has 0 saturated heterocycles. The second-order valence-corrected chi connectivity index (χ2v) is 16.1. The minimum absolute atomic E-state index is 0.279. The fourth-order valence-corrected chi connectivity index (χ4v) is 9.23. The van der Waals surface area contributed by atoms with E-state index in [0.717, 1.165) is 23.5 Å². The van der Waals surface area contributed by atoms with Gasteiger partial charge in [0.2, 0.25) is 0 Å². The van der Waals surface area contributed by atoms with Crippen LogP contribution in [-0.2, 0) is 0 Å². The lowest BCUT2D eigenvalue weighted by Gasteiger charge is -2.27. The van der Waals surface area contributed by atoms with Gasteiger partial charge in [0.25, 0.3) is 0 Å². The van der Waals surface area contributed by atoms with Gasteiger partial charge in [-0.1, -0.05) is 194 Å². The van der Waals surface area contributed by atoms with E-state index in [1.807, 2.05) is 0 Å². The molecule has 62 heavy (non-hydrogen) atoms. The fraction of sp³-hybridized carbons (Fsp3) is 0.0333. The summed E-state index contributed by atoms with van der Waals surface area (Å²) in [5.74, 6) is 0.279. The van der Waals surface area contributed by atoms with Gasteiger partial charge in [-0.05, 0) is 106 Å². The van der Waals surface area contributed by atoms with Gasteiger partial charge in [0, 0.05) is 39.3 Å². The van der Waals surface area contributed by atoms with Crippen LogP contribution in [0.25, 0.3) is 66.4 Å². The fourth-order valence-electron chi connectivity index (χ4n) is 9.23. The first-order chi connectivity index (χ1) is 30.7. The van der Waals surface area contributed by atoms with Gasteiger partial charge in [-0.25, -0.2) is 0 Å². The lowest BCUT2D eigenvalue weighted by atomic mass is 9.87. The van der Waals surface area contributed by atoms with Crippen molar-refractivity contribution in [3.05, 3.63) is 260 Å². The van der Waals surface area contributed by atoms with Crippen molar-refractivity contribution in [2.24, 2.45) is 0 Å². The summed E-state index contributed by atoms with van der Waals surface area (Å²) < 4.78 is 2.46. The summed E-state index contributed by atoms with van der Waals surface area (Å²) in [5, 5.41) is 2.53. The largest absolute Gasteiger partial charge is 0.310 e. The van der Waals surface area contributed by atoms with Crippen LogP contribution in [0.1, 0.15) is 23.5 Å². The minimum Gasteiger partial charge on any atom is -0.310 e. The van der Waals surface area contributed by atoms with Gasteiger partial charge in [-0.2, -0.15) is 0 Å². The zero-order valence-corrected chi connectivity index (χ0v) is 34.4. The Kier molecular flexibility index (Phi) is 9.72. The van der Waals surface area contributed by atoms with E-state index in [1.54, 1.807) is 0 Å². The first-order valence-corrected chi connectivity index (χ1v) is 21.5. The second-order valence-electron chi connectivity index (χ2n) is 16.1. The Hall–Kier alpha value is -7.94. The Bertz CT molecular complexity index is 3230. The molecule has 1 aliphatic rings. The smallest absolute Gasteiger partial charge is 0.0547 e. The molecule has 0 amide bonds. The molecule has 0 radical (unpaired) electrons. The van der Waals surface area contributed by atoms with Crippen LogP contribution in [-0.4, -0.2) is 4.57 Å². The zero-order chi connectivity index (χ0) is 41.2. The van der Waals surface area contributed by atoms with Crippen molar-refractivity contribution >= 4 is 44.4 Å². The molecule has 0 bridgehead atoms. The summed E-state index contributed by atoms with van der Waals surface area (Å²) >= 11 is 0. The Morgan fingerprint density at radius 1 is 0.387 bits per heavy atom. The molecule has 10 aromatic rings. The maximum absolute atomic E-state index is 2.46. The Balaban J connectivity index is 0.909. The van der Waals surface area contributed by atoms with Crippen molar-refractivity contribution in [2.45, 2.75) is 12.3 Å². The van der Waals surface area contributed by atoms with Gasteiger partial charge in [-0.3, -0.25) is 0 Å². The van der Waals surface area contributed by atoms with E-state index in [-0.39, 0.29) is 5.92 Å². The van der Waals surface area contributed by atoms with Crippen LogP contribution in [0.15, 0.2) is 249 Å². The molecule has 1 unspecified atom stereocenters. The van der Waals surface area contributed by atoms with Crippen molar-refractivity contribution in [2.75, 3.05) is 4.90 Å². The maximum atomic E-state index is 2.46. The van der Waals surface area contributed by atoms with Crippen molar-refractivity contribution in [3.8, 4) is 39.1 Å². The van der Waals surface area contributed by atoms with Crippen LogP contribution in [0.4, 0.5) is 17.1 Å². The van der Waals surface area contributed by atoms with E-state index in [0.29, 0.717) is 0 Å². The maximum Gasteiger partial charge on any atom is 0.0547 e. The summed E-state index contributed by atoms with van der Waals surface area (Å²) in [7, 11) is 0. The van der Waals surface area contributed by atoms with E-state index in [4.69, 9.17) is 0 Å². The van der Waals surface area contributed by atoms with Crippen LogP contribution in [0.2, 0.25) is 0 Å². The molecule has 1 aliphatic carbocycles. The third kappa shape index (κ3) is 7.02. The molecular formula is C60H44N2. The Morgan fingerprint density at radius 2 is 0.919 bits per heavy atom. The van der Waals surface area contributed by atoms with Gasteiger partial charge in [-0.15, -0.1) is 0 Å². The molecule has 2 heteroatoms. The standard InChI is InChI=1S/C60H44N2/c1-4-15-43(16-5-1)47-31-36-52(37-32-47)61(54-22-14-21-50(41-54)44-17-6-2-7-18-44)53-38-33-48(34-39-53)46-27-29-49(30-28-46)55-23-10-12-25-58(55)62-59-26-13-11-24-56(59)57-40-35-51(42-60(57)62)45-19-8-3-9-20-45/h1-27,29-42,46H,28H2. The lowest BCUT2D eigenvalue weighted by molar-refractivity contribution is 0.856. The van der Waals surface area contributed by atoms with Crippen LogP contribution >= 0.6 is 0 Å². The predicted molar refractivity (Wildman–Crippen MR) is 263 cm³/mol. The molecule has 2 nitrogen and oxygen atoms in total. The summed E-state index contributed by atoms with van der Waals surface area (Å²) in [6.07, 6.45) is 8.08. The van der Waals surface area contributed by atoms with Crippen LogP contribution in [0.5, 0.6) is 0 Å². The molecule has 1 atom stereocenters. The molecule has 9 aromatic carbocycles. The van der Waals surface area contributed by atoms with E-state index in [1.165, 1.54) is 77.6 Å². The molecule has 0 N–H and O–H groups in total. The summed E-state index contributed by atoms with van der Waals surface area (Å²) in [4.78, 5) is 2.37. The van der Waals surface area contributed by atoms with Crippen molar-refractivity contribution in [1.82, 2.24) is 4.57 Å². The highest BCUT2D eigenvalue weighted by Gasteiger charge is 2.20. The summed E-state index contributed by atoms with van der Waals surface area (Å²) in [6.45, 7) is 0. The van der Waals surface area contributed by atoms with Gasteiger partial charge in [0.1, 0.15) is 0 Å². The van der Waals surface area contributed by atoms with Crippen molar-refractivity contribution < 1.29 is 0 Å². The number of nitrogens with zero attached hydrogens (tertiary/aromatic N) is 2. The first kappa shape index (κ1) is 37.1. The molecular weight excluding hydrogens is 749 g/mol. The van der Waals surface area contributed by atoms with Crippen molar-refractivity contribution in [1.29, 1.82) is 0 Å². The monoisotopic (exact) mass is 792 g/mol. The first-order valence-electron chi connectivity index (χ1n) is 21.5. The molecule has 11 rings (SSSR count). The Morgan fingerprint density at radius 3 is 1.60 bits per heavy atom. The molecule has 294 valence electrons. The number of para-hydroxylation sites is 2. The SMILES string of the molecule is C1=CC(c2ccc(N(c3ccc(-c4ccccc4)cc3)c3cccc(-c4ccccc4)c3)cc2)CC=C1c1ccccc1-n1c2ccccc2c2ccc(-c3ccccc3)cc21. The van der Waals surface area contributed by atoms with Crippen LogP contribution in [0, 0.1) is 0 Å².